The number of aryl methyl sites for hydroxylation is 2. The summed E-state index contributed by atoms with van der Waals surface area (Å²) in [6, 6.07) is 9.62. The first kappa shape index (κ1) is 18.5. The first-order chi connectivity index (χ1) is 11.9. The van der Waals surface area contributed by atoms with Gasteiger partial charge < -0.3 is 9.84 Å². The topological polar surface area (TPSA) is 88.0 Å². The molecule has 7 heteroatoms. The highest BCUT2D eigenvalue weighted by Gasteiger charge is 2.06. The molecule has 0 heterocycles. The van der Waals surface area contributed by atoms with Crippen LogP contribution in [0.15, 0.2) is 41.5 Å². The zero-order chi connectivity index (χ0) is 18.4. The summed E-state index contributed by atoms with van der Waals surface area (Å²) in [6.07, 6.45) is 1.42. The molecule has 2 rings (SSSR count). The Hall–Kier alpha value is -2.86. The van der Waals surface area contributed by atoms with Crippen molar-refractivity contribution in [3.63, 3.8) is 0 Å². The summed E-state index contributed by atoms with van der Waals surface area (Å²) in [5.41, 5.74) is 4.94. The van der Waals surface area contributed by atoms with Gasteiger partial charge in [0.1, 0.15) is 5.75 Å². The molecule has 0 atom stereocenters. The number of carboxylic acid groups (broad SMARTS) is 1. The number of carboxylic acids is 1. The minimum absolute atomic E-state index is 0.183. The number of aromatic carboxylic acids is 1. The summed E-state index contributed by atoms with van der Waals surface area (Å²) in [6.45, 7) is 3.54. The van der Waals surface area contributed by atoms with Crippen LogP contribution in [0.5, 0.6) is 5.75 Å². The van der Waals surface area contributed by atoms with Crippen LogP contribution in [0.25, 0.3) is 0 Å². The Morgan fingerprint density at radius 2 is 1.80 bits per heavy atom. The van der Waals surface area contributed by atoms with Crippen LogP contribution in [0.3, 0.4) is 0 Å². The SMILES string of the molecule is Cc1cc(OCC(=O)N/N=C\c2ccc(C(=O)O)cc2)cc(C)c1Cl. The van der Waals surface area contributed by atoms with E-state index >= 15 is 0 Å². The maximum atomic E-state index is 11.7. The zero-order valence-corrected chi connectivity index (χ0v) is 14.5. The molecule has 0 bridgehead atoms. The van der Waals surface area contributed by atoms with Crippen LogP contribution in [0.4, 0.5) is 0 Å². The van der Waals surface area contributed by atoms with Crippen molar-refractivity contribution >= 4 is 29.7 Å². The average molecular weight is 361 g/mol. The first-order valence-corrected chi connectivity index (χ1v) is 7.79. The lowest BCUT2D eigenvalue weighted by Gasteiger charge is -2.09. The second-order valence-corrected chi connectivity index (χ2v) is 5.76. The van der Waals surface area contributed by atoms with Gasteiger partial charge in [0, 0.05) is 5.02 Å². The standard InChI is InChI=1S/C18H17ClN2O4/c1-11-7-15(8-12(2)17(11)19)25-10-16(22)21-20-9-13-3-5-14(6-4-13)18(23)24/h3-9H,10H2,1-2H3,(H,21,22)(H,23,24)/b20-9-. The molecule has 6 nitrogen and oxygen atoms in total. The van der Waals surface area contributed by atoms with Crippen LogP contribution < -0.4 is 10.2 Å². The van der Waals surface area contributed by atoms with E-state index < -0.39 is 11.9 Å². The summed E-state index contributed by atoms with van der Waals surface area (Å²) in [7, 11) is 0. The molecule has 0 saturated heterocycles. The largest absolute Gasteiger partial charge is 0.484 e. The number of benzene rings is 2. The van der Waals surface area contributed by atoms with E-state index in [1.54, 1.807) is 24.3 Å². The molecule has 25 heavy (non-hydrogen) atoms. The third-order valence-corrected chi connectivity index (χ3v) is 3.94. The molecule has 0 saturated carbocycles. The molecule has 130 valence electrons. The third-order valence-electron chi connectivity index (χ3n) is 3.34. The molecule has 0 radical (unpaired) electrons. The number of halogens is 1. The number of ether oxygens (including phenoxy) is 1. The maximum absolute atomic E-state index is 11.7. The molecule has 2 N–H and O–H groups in total. The molecule has 2 aromatic carbocycles. The number of carbonyl (C=O) groups is 2. The number of rotatable bonds is 6. The van der Waals surface area contributed by atoms with Crippen molar-refractivity contribution in [2.24, 2.45) is 5.10 Å². The Kier molecular flexibility index (Phi) is 6.14. The zero-order valence-electron chi connectivity index (χ0n) is 13.7. The van der Waals surface area contributed by atoms with Gasteiger partial charge >= 0.3 is 5.97 Å². The highest BCUT2D eigenvalue weighted by Crippen LogP contribution is 2.25. The van der Waals surface area contributed by atoms with Crippen molar-refractivity contribution in [3.05, 3.63) is 63.7 Å². The number of amides is 1. The highest BCUT2D eigenvalue weighted by atomic mass is 35.5. The van der Waals surface area contributed by atoms with Gasteiger partial charge in [-0.25, -0.2) is 10.2 Å². The lowest BCUT2D eigenvalue weighted by Crippen LogP contribution is -2.24. The molecule has 0 fully saturated rings. The number of hydrazone groups is 1. The molecule has 0 spiro atoms. The predicted molar refractivity (Wildman–Crippen MR) is 95.6 cm³/mol. The molecule has 0 aliphatic rings. The van der Waals surface area contributed by atoms with E-state index in [9.17, 15) is 9.59 Å². The van der Waals surface area contributed by atoms with Gasteiger partial charge in [0.05, 0.1) is 11.8 Å². The van der Waals surface area contributed by atoms with Crippen LogP contribution in [0.2, 0.25) is 5.02 Å². The van der Waals surface area contributed by atoms with E-state index in [2.05, 4.69) is 10.5 Å². The van der Waals surface area contributed by atoms with E-state index in [1.807, 2.05) is 13.8 Å². The molecule has 0 aliphatic carbocycles. The van der Waals surface area contributed by atoms with Gasteiger partial charge in [-0.05, 0) is 54.8 Å². The van der Waals surface area contributed by atoms with Gasteiger partial charge in [0.2, 0.25) is 0 Å². The van der Waals surface area contributed by atoms with Crippen LogP contribution in [-0.2, 0) is 4.79 Å². The van der Waals surface area contributed by atoms with Crippen molar-refractivity contribution in [2.75, 3.05) is 6.61 Å². The van der Waals surface area contributed by atoms with Crippen LogP contribution in [-0.4, -0.2) is 29.8 Å². The van der Waals surface area contributed by atoms with Gasteiger partial charge in [0.15, 0.2) is 6.61 Å². The van der Waals surface area contributed by atoms with Crippen molar-refractivity contribution in [2.45, 2.75) is 13.8 Å². The van der Waals surface area contributed by atoms with Crippen molar-refractivity contribution in [3.8, 4) is 5.75 Å². The highest BCUT2D eigenvalue weighted by molar-refractivity contribution is 6.32. The normalized spacial score (nSPS) is 10.7. The Morgan fingerprint density at radius 3 is 2.36 bits per heavy atom. The quantitative estimate of drug-likeness (QED) is 0.611. The van der Waals surface area contributed by atoms with E-state index in [-0.39, 0.29) is 12.2 Å². The average Bonchev–Trinajstić information content (AvgIpc) is 2.58. The van der Waals surface area contributed by atoms with Crippen LogP contribution in [0, 0.1) is 13.8 Å². The molecule has 0 aromatic heterocycles. The van der Waals surface area contributed by atoms with Gasteiger partial charge in [0.25, 0.3) is 5.91 Å². The Labute approximate surface area is 150 Å². The lowest BCUT2D eigenvalue weighted by atomic mass is 10.1. The molecule has 0 unspecified atom stereocenters. The second-order valence-electron chi connectivity index (χ2n) is 5.38. The number of nitrogens with zero attached hydrogens (tertiary/aromatic N) is 1. The lowest BCUT2D eigenvalue weighted by molar-refractivity contribution is -0.123. The van der Waals surface area contributed by atoms with Crippen LogP contribution in [0.1, 0.15) is 27.0 Å². The van der Waals surface area contributed by atoms with Gasteiger partial charge in [-0.1, -0.05) is 23.7 Å². The van der Waals surface area contributed by atoms with Crippen LogP contribution >= 0.6 is 11.6 Å². The fraction of sp³-hybridized carbons (Fsp3) is 0.167. The van der Waals surface area contributed by atoms with Crippen molar-refractivity contribution in [1.82, 2.24) is 5.43 Å². The summed E-state index contributed by atoms with van der Waals surface area (Å²) >= 11 is 6.08. The van der Waals surface area contributed by atoms with Crippen molar-refractivity contribution in [1.29, 1.82) is 0 Å². The summed E-state index contributed by atoms with van der Waals surface area (Å²) in [5.74, 6) is -0.854. The summed E-state index contributed by atoms with van der Waals surface area (Å²) in [4.78, 5) is 22.5. The van der Waals surface area contributed by atoms with Gasteiger partial charge in [-0.15, -0.1) is 0 Å². The predicted octanol–water partition coefficient (Wildman–Crippen LogP) is 3.18. The summed E-state index contributed by atoms with van der Waals surface area (Å²) in [5, 5.41) is 13.3. The van der Waals surface area contributed by atoms with E-state index in [1.165, 1.54) is 18.3 Å². The smallest absolute Gasteiger partial charge is 0.335 e. The van der Waals surface area contributed by atoms with Crippen molar-refractivity contribution < 1.29 is 19.4 Å². The Morgan fingerprint density at radius 1 is 1.20 bits per heavy atom. The fourth-order valence-corrected chi connectivity index (χ4v) is 2.17. The fourth-order valence-electron chi connectivity index (χ4n) is 2.06. The molecule has 2 aromatic rings. The number of nitrogens with one attached hydrogen (secondary N) is 1. The third kappa shape index (κ3) is 5.32. The molecule has 0 aliphatic heterocycles. The minimum Gasteiger partial charge on any atom is -0.484 e. The molecular formula is C18H17ClN2O4. The number of carbonyl (C=O) groups excluding carboxylic acids is 1. The first-order valence-electron chi connectivity index (χ1n) is 7.41. The Balaban J connectivity index is 1.85. The van der Waals surface area contributed by atoms with Gasteiger partial charge in [-0.3, -0.25) is 4.79 Å². The van der Waals surface area contributed by atoms with E-state index in [4.69, 9.17) is 21.4 Å². The monoisotopic (exact) mass is 360 g/mol. The Bertz CT molecular complexity index is 793. The summed E-state index contributed by atoms with van der Waals surface area (Å²) < 4.78 is 5.42. The minimum atomic E-state index is -0.999. The van der Waals surface area contributed by atoms with E-state index in [0.717, 1.165) is 11.1 Å². The molecular weight excluding hydrogens is 344 g/mol. The molecule has 1 amide bonds. The van der Waals surface area contributed by atoms with E-state index in [0.29, 0.717) is 16.3 Å². The maximum Gasteiger partial charge on any atom is 0.335 e. The number of hydrogen-bond donors (Lipinski definition) is 2. The number of hydrogen-bond acceptors (Lipinski definition) is 4. The van der Waals surface area contributed by atoms with Gasteiger partial charge in [-0.2, -0.15) is 5.10 Å². The second kappa shape index (κ2) is 8.30.